The highest BCUT2D eigenvalue weighted by molar-refractivity contribution is 5.79. The van der Waals surface area contributed by atoms with E-state index < -0.39 is 5.97 Å². The van der Waals surface area contributed by atoms with E-state index in [1.807, 2.05) is 18.5 Å². The smallest absolute Gasteiger partial charge is 0.306 e. The Bertz CT molecular complexity index is 434. The van der Waals surface area contributed by atoms with Crippen molar-refractivity contribution in [2.45, 2.75) is 32.2 Å². The van der Waals surface area contributed by atoms with E-state index >= 15 is 0 Å². The van der Waals surface area contributed by atoms with Crippen molar-refractivity contribution in [3.05, 3.63) is 24.0 Å². The first-order chi connectivity index (χ1) is 9.08. The Morgan fingerprint density at radius 1 is 1.32 bits per heavy atom. The molecule has 0 saturated heterocycles. The summed E-state index contributed by atoms with van der Waals surface area (Å²) in [5, 5.41) is 8.94. The second-order valence-corrected chi connectivity index (χ2v) is 5.30. The summed E-state index contributed by atoms with van der Waals surface area (Å²) in [7, 11) is 1.80. The van der Waals surface area contributed by atoms with Crippen LogP contribution in [-0.4, -0.2) is 33.9 Å². The SMILES string of the molecule is CN(Cc1cc[nH]c1)C(=O)C1CCC(C(=O)O)CC1. The van der Waals surface area contributed by atoms with E-state index in [0.29, 0.717) is 32.2 Å². The molecule has 0 unspecified atom stereocenters. The van der Waals surface area contributed by atoms with Gasteiger partial charge in [-0.3, -0.25) is 9.59 Å². The molecule has 104 valence electrons. The molecule has 1 aromatic rings. The molecule has 1 aliphatic carbocycles. The molecule has 1 aliphatic rings. The number of hydrogen-bond acceptors (Lipinski definition) is 2. The number of carbonyl (C=O) groups excluding carboxylic acids is 1. The van der Waals surface area contributed by atoms with Gasteiger partial charge >= 0.3 is 5.97 Å². The van der Waals surface area contributed by atoms with Crippen molar-refractivity contribution in [2.75, 3.05) is 7.05 Å². The van der Waals surface area contributed by atoms with Crippen LogP contribution in [0.25, 0.3) is 0 Å². The van der Waals surface area contributed by atoms with Crippen LogP contribution in [0.5, 0.6) is 0 Å². The molecule has 0 aliphatic heterocycles. The van der Waals surface area contributed by atoms with Gasteiger partial charge in [0, 0.05) is 31.9 Å². The Morgan fingerprint density at radius 2 is 1.95 bits per heavy atom. The molecule has 0 bridgehead atoms. The Balaban J connectivity index is 1.85. The number of nitrogens with zero attached hydrogens (tertiary/aromatic N) is 1. The molecule has 2 N–H and O–H groups in total. The number of aromatic nitrogens is 1. The normalized spacial score (nSPS) is 23.0. The molecule has 1 saturated carbocycles. The summed E-state index contributed by atoms with van der Waals surface area (Å²) in [5.41, 5.74) is 1.08. The molecule has 1 fully saturated rings. The predicted molar refractivity (Wildman–Crippen MR) is 70.4 cm³/mol. The third-order valence-electron chi connectivity index (χ3n) is 3.88. The third kappa shape index (κ3) is 3.36. The Labute approximate surface area is 112 Å². The van der Waals surface area contributed by atoms with Gasteiger partial charge in [0.2, 0.25) is 5.91 Å². The van der Waals surface area contributed by atoms with Crippen LogP contribution in [-0.2, 0) is 16.1 Å². The van der Waals surface area contributed by atoms with Crippen LogP contribution < -0.4 is 0 Å². The van der Waals surface area contributed by atoms with Crippen molar-refractivity contribution >= 4 is 11.9 Å². The zero-order valence-corrected chi connectivity index (χ0v) is 11.1. The van der Waals surface area contributed by atoms with Crippen molar-refractivity contribution in [2.24, 2.45) is 11.8 Å². The van der Waals surface area contributed by atoms with Crippen molar-refractivity contribution < 1.29 is 14.7 Å². The first-order valence-electron chi connectivity index (χ1n) is 6.67. The van der Waals surface area contributed by atoms with Crippen LogP contribution in [0.2, 0.25) is 0 Å². The highest BCUT2D eigenvalue weighted by Crippen LogP contribution is 2.30. The summed E-state index contributed by atoms with van der Waals surface area (Å²) in [6.07, 6.45) is 6.32. The van der Waals surface area contributed by atoms with Gasteiger partial charge < -0.3 is 15.0 Å². The summed E-state index contributed by atoms with van der Waals surface area (Å²) in [5.74, 6) is -0.879. The van der Waals surface area contributed by atoms with Gasteiger partial charge in [-0.2, -0.15) is 0 Å². The lowest BCUT2D eigenvalue weighted by Crippen LogP contribution is -2.35. The zero-order valence-electron chi connectivity index (χ0n) is 11.1. The maximum Gasteiger partial charge on any atom is 0.306 e. The average Bonchev–Trinajstić information content (AvgIpc) is 2.90. The molecule has 2 rings (SSSR count). The molecular weight excluding hydrogens is 244 g/mol. The highest BCUT2D eigenvalue weighted by Gasteiger charge is 2.31. The van der Waals surface area contributed by atoms with Gasteiger partial charge in [0.15, 0.2) is 0 Å². The van der Waals surface area contributed by atoms with E-state index in [1.165, 1.54) is 0 Å². The molecule has 0 spiro atoms. The largest absolute Gasteiger partial charge is 0.481 e. The molecule has 19 heavy (non-hydrogen) atoms. The van der Waals surface area contributed by atoms with Crippen LogP contribution in [0, 0.1) is 11.8 Å². The van der Waals surface area contributed by atoms with Crippen molar-refractivity contribution in [1.82, 2.24) is 9.88 Å². The Hall–Kier alpha value is -1.78. The zero-order chi connectivity index (χ0) is 13.8. The molecular formula is C14H20N2O3. The first-order valence-corrected chi connectivity index (χ1v) is 6.67. The fourth-order valence-electron chi connectivity index (χ4n) is 2.71. The predicted octanol–water partition coefficient (Wildman–Crippen LogP) is 1.86. The van der Waals surface area contributed by atoms with Gasteiger partial charge in [-0.1, -0.05) is 0 Å². The molecule has 1 aromatic heterocycles. The van der Waals surface area contributed by atoms with E-state index in [4.69, 9.17) is 5.11 Å². The number of hydrogen-bond donors (Lipinski definition) is 2. The van der Waals surface area contributed by atoms with Crippen LogP contribution in [0.3, 0.4) is 0 Å². The molecule has 5 nitrogen and oxygen atoms in total. The minimum atomic E-state index is -0.730. The topological polar surface area (TPSA) is 73.4 Å². The lowest BCUT2D eigenvalue weighted by atomic mass is 9.81. The van der Waals surface area contributed by atoms with Crippen molar-refractivity contribution in [1.29, 1.82) is 0 Å². The summed E-state index contributed by atoms with van der Waals surface area (Å²) >= 11 is 0. The number of aromatic amines is 1. The number of rotatable bonds is 4. The standard InChI is InChI=1S/C14H20N2O3/c1-16(9-10-6-7-15-8-10)13(17)11-2-4-12(5-3-11)14(18)19/h6-8,11-12,15H,2-5,9H2,1H3,(H,18,19). The van der Waals surface area contributed by atoms with Gasteiger partial charge in [-0.05, 0) is 37.3 Å². The number of carboxylic acid groups (broad SMARTS) is 1. The lowest BCUT2D eigenvalue weighted by molar-refractivity contribution is -0.145. The molecule has 5 heteroatoms. The quantitative estimate of drug-likeness (QED) is 0.871. The minimum absolute atomic E-state index is 0.0143. The van der Waals surface area contributed by atoms with Crippen molar-refractivity contribution in [3.63, 3.8) is 0 Å². The Morgan fingerprint density at radius 3 is 2.47 bits per heavy atom. The maximum atomic E-state index is 12.3. The van der Waals surface area contributed by atoms with E-state index in [2.05, 4.69) is 4.98 Å². The second kappa shape index (κ2) is 5.91. The van der Waals surface area contributed by atoms with E-state index in [0.717, 1.165) is 5.56 Å². The fourth-order valence-corrected chi connectivity index (χ4v) is 2.71. The Kier molecular flexibility index (Phi) is 4.24. The first kappa shape index (κ1) is 13.6. The second-order valence-electron chi connectivity index (χ2n) is 5.30. The number of amides is 1. The van der Waals surface area contributed by atoms with Crippen LogP contribution >= 0.6 is 0 Å². The van der Waals surface area contributed by atoms with Crippen LogP contribution in [0.4, 0.5) is 0 Å². The minimum Gasteiger partial charge on any atom is -0.481 e. The van der Waals surface area contributed by atoms with Crippen LogP contribution in [0.1, 0.15) is 31.2 Å². The average molecular weight is 264 g/mol. The number of carboxylic acids is 1. The number of nitrogens with one attached hydrogen (secondary N) is 1. The van der Waals surface area contributed by atoms with Gasteiger partial charge in [0.05, 0.1) is 5.92 Å². The van der Waals surface area contributed by atoms with Crippen molar-refractivity contribution in [3.8, 4) is 0 Å². The molecule has 0 aromatic carbocycles. The number of H-pyrrole nitrogens is 1. The summed E-state index contributed by atoms with van der Waals surface area (Å²) < 4.78 is 0. The van der Waals surface area contributed by atoms with Crippen LogP contribution in [0.15, 0.2) is 18.5 Å². The monoisotopic (exact) mass is 264 g/mol. The van der Waals surface area contributed by atoms with Gasteiger partial charge in [-0.25, -0.2) is 0 Å². The van der Waals surface area contributed by atoms with E-state index in [-0.39, 0.29) is 17.7 Å². The summed E-state index contributed by atoms with van der Waals surface area (Å²) in [6.45, 7) is 0.598. The number of carbonyl (C=O) groups is 2. The van der Waals surface area contributed by atoms with E-state index in [9.17, 15) is 9.59 Å². The van der Waals surface area contributed by atoms with E-state index in [1.54, 1.807) is 11.9 Å². The van der Waals surface area contributed by atoms with Gasteiger partial charge in [0.25, 0.3) is 0 Å². The maximum absolute atomic E-state index is 12.3. The lowest BCUT2D eigenvalue weighted by Gasteiger charge is -2.28. The summed E-state index contributed by atoms with van der Waals surface area (Å²) in [4.78, 5) is 27.8. The molecule has 0 atom stereocenters. The number of aliphatic carboxylic acids is 1. The fraction of sp³-hybridized carbons (Fsp3) is 0.571. The third-order valence-corrected chi connectivity index (χ3v) is 3.88. The van der Waals surface area contributed by atoms with Gasteiger partial charge in [0.1, 0.15) is 0 Å². The highest BCUT2D eigenvalue weighted by atomic mass is 16.4. The summed E-state index contributed by atoms with van der Waals surface area (Å²) in [6, 6.07) is 1.95. The molecule has 1 heterocycles. The molecule has 1 amide bonds. The van der Waals surface area contributed by atoms with Gasteiger partial charge in [-0.15, -0.1) is 0 Å². The molecule has 0 radical (unpaired) electrons.